The fourth-order valence-corrected chi connectivity index (χ4v) is 4.86. The van der Waals surface area contributed by atoms with Crippen LogP contribution in [-0.2, 0) is 0 Å². The molecular formula is C31H34N8. The van der Waals surface area contributed by atoms with Gasteiger partial charge in [0.1, 0.15) is 23.1 Å². The van der Waals surface area contributed by atoms with Gasteiger partial charge in [-0.2, -0.15) is 10.4 Å². The van der Waals surface area contributed by atoms with Gasteiger partial charge in [-0.15, -0.1) is 10.2 Å². The van der Waals surface area contributed by atoms with E-state index >= 15 is 0 Å². The van der Waals surface area contributed by atoms with E-state index in [2.05, 4.69) is 110 Å². The minimum atomic E-state index is 0.205. The molecule has 0 atom stereocenters. The van der Waals surface area contributed by atoms with Crippen molar-refractivity contribution in [3.8, 4) is 6.07 Å². The molecule has 0 fully saturated rings. The van der Waals surface area contributed by atoms with Gasteiger partial charge in [-0.1, -0.05) is 42.0 Å². The molecule has 4 aromatic rings. The lowest BCUT2D eigenvalue weighted by Crippen LogP contribution is -2.04. The van der Waals surface area contributed by atoms with Crippen LogP contribution in [0.2, 0.25) is 0 Å². The molecule has 0 saturated carbocycles. The number of benzene rings is 2. The van der Waals surface area contributed by atoms with Crippen molar-refractivity contribution < 1.29 is 0 Å². The van der Waals surface area contributed by atoms with Crippen molar-refractivity contribution in [2.24, 2.45) is 10.2 Å². The molecule has 8 nitrogen and oxygen atoms in total. The van der Waals surface area contributed by atoms with Crippen LogP contribution in [0.1, 0.15) is 57.1 Å². The highest BCUT2D eigenvalue weighted by atomic mass is 15.3. The van der Waals surface area contributed by atoms with Gasteiger partial charge in [-0.25, -0.2) is 4.98 Å². The summed E-state index contributed by atoms with van der Waals surface area (Å²) >= 11 is 0. The van der Waals surface area contributed by atoms with Gasteiger partial charge in [-0.05, 0) is 94.8 Å². The summed E-state index contributed by atoms with van der Waals surface area (Å²) in [6.45, 7) is 20.2. The zero-order chi connectivity index (χ0) is 28.4. The van der Waals surface area contributed by atoms with Crippen LogP contribution in [0.15, 0.2) is 47.1 Å². The highest BCUT2D eigenvalue weighted by Gasteiger charge is 2.17. The number of allylic oxidation sites excluding steroid dienone is 1. The van der Waals surface area contributed by atoms with Gasteiger partial charge in [0, 0.05) is 11.4 Å². The standard InChI is InChI=1S/C31H34N8/c1-16(2)26-24(15-32)30(38-36-26)39-37-29-23(9)14-25(33-27-19(5)10-17(3)11-20(27)6)34-31(29)35-28-21(7)12-18(4)13-22(28)8/h10-14H,1H2,2-9H3,(H,36,38)(H2,33,34,35). The van der Waals surface area contributed by atoms with E-state index in [-0.39, 0.29) is 5.82 Å². The molecule has 4 rings (SSSR count). The molecule has 198 valence electrons. The van der Waals surface area contributed by atoms with E-state index < -0.39 is 0 Å². The van der Waals surface area contributed by atoms with Crippen LogP contribution in [0.5, 0.6) is 0 Å². The number of rotatable bonds is 7. The van der Waals surface area contributed by atoms with Crippen molar-refractivity contribution in [2.75, 3.05) is 10.6 Å². The number of H-pyrrole nitrogens is 1. The zero-order valence-electron chi connectivity index (χ0n) is 23.8. The van der Waals surface area contributed by atoms with Crippen molar-refractivity contribution in [2.45, 2.75) is 55.4 Å². The molecule has 2 heterocycles. The molecule has 3 N–H and O–H groups in total. The largest absolute Gasteiger partial charge is 0.340 e. The Labute approximate surface area is 229 Å². The first-order valence-electron chi connectivity index (χ1n) is 12.8. The summed E-state index contributed by atoms with van der Waals surface area (Å²) in [5.74, 6) is 1.44. The van der Waals surface area contributed by atoms with E-state index in [1.165, 1.54) is 11.1 Å². The quantitative estimate of drug-likeness (QED) is 0.212. The van der Waals surface area contributed by atoms with Crippen LogP contribution in [0.25, 0.3) is 5.57 Å². The summed E-state index contributed by atoms with van der Waals surface area (Å²) in [5, 5.41) is 32.6. The van der Waals surface area contributed by atoms with Crippen LogP contribution in [0.3, 0.4) is 0 Å². The highest BCUT2D eigenvalue weighted by Crippen LogP contribution is 2.37. The van der Waals surface area contributed by atoms with Crippen molar-refractivity contribution in [1.82, 2.24) is 15.2 Å². The number of nitrogens with one attached hydrogen (secondary N) is 3. The summed E-state index contributed by atoms with van der Waals surface area (Å²) in [7, 11) is 0. The van der Waals surface area contributed by atoms with E-state index in [9.17, 15) is 5.26 Å². The van der Waals surface area contributed by atoms with E-state index in [4.69, 9.17) is 4.98 Å². The third kappa shape index (κ3) is 5.73. The smallest absolute Gasteiger partial charge is 0.213 e. The molecule has 0 aliphatic heterocycles. The Bertz CT molecular complexity index is 1620. The monoisotopic (exact) mass is 518 g/mol. The minimum absolute atomic E-state index is 0.205. The molecule has 2 aromatic carbocycles. The predicted octanol–water partition coefficient (Wildman–Crippen LogP) is 8.77. The number of pyridine rings is 1. The van der Waals surface area contributed by atoms with Crippen LogP contribution in [0.4, 0.5) is 34.5 Å². The molecule has 0 unspecified atom stereocenters. The Balaban J connectivity index is 1.83. The number of nitrogens with zero attached hydrogens (tertiary/aromatic N) is 5. The van der Waals surface area contributed by atoms with Gasteiger partial charge >= 0.3 is 0 Å². The number of aromatic amines is 1. The Kier molecular flexibility index (Phi) is 7.63. The number of aryl methyl sites for hydroxylation is 7. The van der Waals surface area contributed by atoms with Crippen LogP contribution in [0, 0.1) is 59.8 Å². The van der Waals surface area contributed by atoms with Gasteiger partial charge in [-0.3, -0.25) is 5.10 Å². The van der Waals surface area contributed by atoms with Crippen LogP contribution >= 0.6 is 0 Å². The maximum atomic E-state index is 9.67. The second-order valence-electron chi connectivity index (χ2n) is 10.2. The van der Waals surface area contributed by atoms with Gasteiger partial charge < -0.3 is 10.6 Å². The summed E-state index contributed by atoms with van der Waals surface area (Å²) in [5.41, 5.74) is 11.9. The second-order valence-corrected chi connectivity index (χ2v) is 10.2. The molecule has 39 heavy (non-hydrogen) atoms. The summed E-state index contributed by atoms with van der Waals surface area (Å²) < 4.78 is 0. The fraction of sp³-hybridized carbons (Fsp3) is 0.258. The van der Waals surface area contributed by atoms with Crippen LogP contribution in [-0.4, -0.2) is 15.2 Å². The molecule has 0 bridgehead atoms. The van der Waals surface area contributed by atoms with Crippen molar-refractivity contribution in [3.63, 3.8) is 0 Å². The van der Waals surface area contributed by atoms with Crippen LogP contribution < -0.4 is 10.6 Å². The Morgan fingerprint density at radius 3 is 1.87 bits per heavy atom. The topological polar surface area (TPSA) is 114 Å². The lowest BCUT2D eigenvalue weighted by molar-refractivity contribution is 1.04. The van der Waals surface area contributed by atoms with Crippen molar-refractivity contribution >= 4 is 40.1 Å². The summed E-state index contributed by atoms with van der Waals surface area (Å²) in [6.07, 6.45) is 0. The van der Waals surface area contributed by atoms with Crippen molar-refractivity contribution in [1.29, 1.82) is 5.26 Å². The van der Waals surface area contributed by atoms with Gasteiger partial charge in [0.05, 0.1) is 5.69 Å². The lowest BCUT2D eigenvalue weighted by Gasteiger charge is -2.18. The number of aromatic nitrogens is 3. The van der Waals surface area contributed by atoms with E-state index in [0.717, 1.165) is 39.2 Å². The Morgan fingerprint density at radius 2 is 1.36 bits per heavy atom. The molecule has 0 radical (unpaired) electrons. The van der Waals surface area contributed by atoms with Gasteiger partial charge in [0.2, 0.25) is 5.82 Å². The molecule has 2 aromatic heterocycles. The summed E-state index contributed by atoms with van der Waals surface area (Å²) in [4.78, 5) is 4.94. The zero-order valence-corrected chi connectivity index (χ0v) is 23.8. The number of nitriles is 1. The molecule has 8 heteroatoms. The average molecular weight is 519 g/mol. The van der Waals surface area contributed by atoms with E-state index in [0.29, 0.717) is 34.2 Å². The predicted molar refractivity (Wildman–Crippen MR) is 159 cm³/mol. The number of anilines is 4. The summed E-state index contributed by atoms with van der Waals surface area (Å²) in [6, 6.07) is 12.7. The Morgan fingerprint density at radius 1 is 0.821 bits per heavy atom. The van der Waals surface area contributed by atoms with E-state index in [1.54, 1.807) is 6.92 Å². The average Bonchev–Trinajstić information content (AvgIpc) is 3.26. The van der Waals surface area contributed by atoms with E-state index in [1.807, 2.05) is 13.0 Å². The molecular weight excluding hydrogens is 484 g/mol. The fourth-order valence-electron chi connectivity index (χ4n) is 4.86. The Hall–Kier alpha value is -4.77. The minimum Gasteiger partial charge on any atom is -0.340 e. The first kappa shape index (κ1) is 27.3. The third-order valence-electron chi connectivity index (χ3n) is 6.56. The first-order valence-corrected chi connectivity index (χ1v) is 12.8. The molecule has 0 aliphatic rings. The second kappa shape index (κ2) is 10.9. The molecule has 0 aliphatic carbocycles. The number of hydrogen-bond donors (Lipinski definition) is 3. The normalized spacial score (nSPS) is 11.1. The lowest BCUT2D eigenvalue weighted by atomic mass is 10.0. The maximum absolute atomic E-state index is 9.67. The van der Waals surface area contributed by atoms with Gasteiger partial charge in [0.25, 0.3) is 0 Å². The molecule has 0 spiro atoms. The van der Waals surface area contributed by atoms with Crippen molar-refractivity contribution in [3.05, 3.63) is 87.1 Å². The maximum Gasteiger partial charge on any atom is 0.213 e. The molecule has 0 amide bonds. The highest BCUT2D eigenvalue weighted by molar-refractivity contribution is 5.78. The SMILES string of the molecule is C=C(C)c1[nH]nc(N=Nc2c(C)cc(Nc3c(C)cc(C)cc3C)nc2Nc2c(C)cc(C)cc2C)c1C#N. The molecule has 0 saturated heterocycles. The first-order chi connectivity index (χ1) is 18.5. The van der Waals surface area contributed by atoms with Gasteiger partial charge in [0.15, 0.2) is 5.82 Å². The number of hydrogen-bond acceptors (Lipinski definition) is 7. The number of azo groups is 1. The third-order valence-corrected chi connectivity index (χ3v) is 6.56.